The number of hydrogen-bond donors (Lipinski definition) is 0. The van der Waals surface area contributed by atoms with Crippen molar-refractivity contribution in [2.24, 2.45) is 5.10 Å². The van der Waals surface area contributed by atoms with E-state index in [9.17, 15) is 9.59 Å². The molecule has 4 rings (SSSR count). The van der Waals surface area contributed by atoms with E-state index in [1.807, 2.05) is 42.6 Å². The van der Waals surface area contributed by atoms with Crippen LogP contribution >= 0.6 is 11.3 Å². The fourth-order valence-electron chi connectivity index (χ4n) is 4.49. The lowest BCUT2D eigenvalue weighted by molar-refractivity contribution is -0.141. The van der Waals surface area contributed by atoms with Gasteiger partial charge in [0.2, 0.25) is 5.91 Å². The van der Waals surface area contributed by atoms with Crippen LogP contribution in [0.25, 0.3) is 0 Å². The standard InChI is InChI=1S/C26H34N4O5S/c1-4-25(31)29(10-9-28-11-13-35-14-12-28)18-26(32)30-21(17-20(27-30)24-6-5-15-36-24)19-7-8-22(33-2)23(16-19)34-3/h5-8,15-16,21H,4,9-14,17-18H2,1-3H3. The second-order valence-electron chi connectivity index (χ2n) is 8.72. The van der Waals surface area contributed by atoms with E-state index in [0.717, 1.165) is 29.2 Å². The van der Waals surface area contributed by atoms with Crippen LogP contribution in [0.15, 0.2) is 40.8 Å². The van der Waals surface area contributed by atoms with E-state index < -0.39 is 0 Å². The molecule has 2 amide bonds. The second-order valence-corrected chi connectivity index (χ2v) is 9.67. The third-order valence-electron chi connectivity index (χ3n) is 6.53. The number of nitrogens with zero attached hydrogens (tertiary/aromatic N) is 4. The van der Waals surface area contributed by atoms with E-state index in [1.165, 1.54) is 0 Å². The third kappa shape index (κ3) is 6.05. The van der Waals surface area contributed by atoms with Crippen molar-refractivity contribution in [3.8, 4) is 11.5 Å². The van der Waals surface area contributed by atoms with Crippen molar-refractivity contribution in [1.29, 1.82) is 0 Å². The van der Waals surface area contributed by atoms with E-state index >= 15 is 0 Å². The Morgan fingerprint density at radius 3 is 2.61 bits per heavy atom. The summed E-state index contributed by atoms with van der Waals surface area (Å²) in [5.41, 5.74) is 1.76. The number of carbonyl (C=O) groups is 2. The van der Waals surface area contributed by atoms with Crippen LogP contribution in [0, 0.1) is 0 Å². The van der Waals surface area contributed by atoms with Gasteiger partial charge in [-0.15, -0.1) is 11.3 Å². The first kappa shape index (κ1) is 26.1. The second kappa shape index (κ2) is 12.3. The molecule has 0 saturated carbocycles. The Hall–Kier alpha value is -2.95. The van der Waals surface area contributed by atoms with Gasteiger partial charge in [0.15, 0.2) is 11.5 Å². The molecule has 1 fully saturated rings. The molecule has 1 atom stereocenters. The van der Waals surface area contributed by atoms with E-state index in [4.69, 9.17) is 19.3 Å². The summed E-state index contributed by atoms with van der Waals surface area (Å²) in [6, 6.07) is 9.36. The summed E-state index contributed by atoms with van der Waals surface area (Å²) in [5, 5.41) is 8.29. The summed E-state index contributed by atoms with van der Waals surface area (Å²) in [4.78, 5) is 31.3. The highest BCUT2D eigenvalue weighted by Crippen LogP contribution is 2.38. The van der Waals surface area contributed by atoms with Crippen molar-refractivity contribution in [2.75, 3.05) is 60.2 Å². The van der Waals surface area contributed by atoms with Gasteiger partial charge in [0.25, 0.3) is 5.91 Å². The maximum absolute atomic E-state index is 13.6. The number of rotatable bonds is 10. The molecule has 0 radical (unpaired) electrons. The normalized spacial score (nSPS) is 18.1. The average molecular weight is 515 g/mol. The van der Waals surface area contributed by atoms with Gasteiger partial charge in [-0.3, -0.25) is 14.5 Å². The Morgan fingerprint density at radius 1 is 1.17 bits per heavy atom. The number of benzene rings is 1. The summed E-state index contributed by atoms with van der Waals surface area (Å²) < 4.78 is 16.3. The molecular weight excluding hydrogens is 480 g/mol. The molecule has 1 saturated heterocycles. The summed E-state index contributed by atoms with van der Waals surface area (Å²) in [6.45, 7) is 6.09. The van der Waals surface area contributed by atoms with Crippen LogP contribution in [0.3, 0.4) is 0 Å². The van der Waals surface area contributed by atoms with Gasteiger partial charge in [-0.2, -0.15) is 5.10 Å². The lowest BCUT2D eigenvalue weighted by Crippen LogP contribution is -2.46. The molecule has 36 heavy (non-hydrogen) atoms. The summed E-state index contributed by atoms with van der Waals surface area (Å²) in [7, 11) is 3.19. The van der Waals surface area contributed by atoms with Crippen molar-refractivity contribution in [3.63, 3.8) is 0 Å². The molecule has 0 aliphatic carbocycles. The van der Waals surface area contributed by atoms with Crippen LogP contribution < -0.4 is 9.47 Å². The molecule has 10 heteroatoms. The van der Waals surface area contributed by atoms with Crippen LogP contribution in [-0.2, 0) is 14.3 Å². The van der Waals surface area contributed by atoms with Crippen LogP contribution in [0.4, 0.5) is 0 Å². The van der Waals surface area contributed by atoms with Gasteiger partial charge < -0.3 is 19.1 Å². The Labute approximate surface area is 216 Å². The molecular formula is C26H34N4O5S. The smallest absolute Gasteiger partial charge is 0.262 e. The van der Waals surface area contributed by atoms with Gasteiger partial charge in [0, 0.05) is 39.0 Å². The lowest BCUT2D eigenvalue weighted by Gasteiger charge is -2.31. The molecule has 194 valence electrons. The topological polar surface area (TPSA) is 83.9 Å². The maximum atomic E-state index is 13.6. The number of hydrogen-bond acceptors (Lipinski definition) is 8. The number of thiophene rings is 1. The number of morpholine rings is 1. The predicted octanol–water partition coefficient (Wildman–Crippen LogP) is 3.01. The zero-order valence-corrected chi connectivity index (χ0v) is 22.0. The third-order valence-corrected chi connectivity index (χ3v) is 7.45. The first-order valence-electron chi connectivity index (χ1n) is 12.3. The molecule has 0 spiro atoms. The quantitative estimate of drug-likeness (QED) is 0.485. The Bertz CT molecular complexity index is 1070. The van der Waals surface area contributed by atoms with Crippen LogP contribution in [0.5, 0.6) is 11.5 Å². The predicted molar refractivity (Wildman–Crippen MR) is 139 cm³/mol. The van der Waals surface area contributed by atoms with Gasteiger partial charge >= 0.3 is 0 Å². The molecule has 3 heterocycles. The number of methoxy groups -OCH3 is 2. The number of amides is 2. The SMILES string of the molecule is CCC(=O)N(CCN1CCOCC1)CC(=O)N1N=C(c2cccs2)CC1c1ccc(OC)c(OC)c1. The zero-order chi connectivity index (χ0) is 25.5. The monoisotopic (exact) mass is 514 g/mol. The highest BCUT2D eigenvalue weighted by atomic mass is 32.1. The van der Waals surface area contributed by atoms with Crippen LogP contribution in [0.1, 0.15) is 36.2 Å². The van der Waals surface area contributed by atoms with Crippen LogP contribution in [-0.4, -0.2) is 92.5 Å². The maximum Gasteiger partial charge on any atom is 0.262 e. The summed E-state index contributed by atoms with van der Waals surface area (Å²) in [5.74, 6) is 0.977. The first-order valence-corrected chi connectivity index (χ1v) is 13.1. The molecule has 1 aromatic heterocycles. The summed E-state index contributed by atoms with van der Waals surface area (Å²) in [6.07, 6.45) is 0.927. The minimum absolute atomic E-state index is 0.0119. The summed E-state index contributed by atoms with van der Waals surface area (Å²) >= 11 is 1.60. The zero-order valence-electron chi connectivity index (χ0n) is 21.1. The van der Waals surface area contributed by atoms with Gasteiger partial charge in [-0.05, 0) is 29.1 Å². The lowest BCUT2D eigenvalue weighted by atomic mass is 10.0. The molecule has 1 unspecified atom stereocenters. The Morgan fingerprint density at radius 2 is 1.94 bits per heavy atom. The van der Waals surface area contributed by atoms with Crippen molar-refractivity contribution < 1.29 is 23.8 Å². The minimum atomic E-state index is -0.299. The highest BCUT2D eigenvalue weighted by molar-refractivity contribution is 7.12. The van der Waals surface area contributed by atoms with Gasteiger partial charge in [0.1, 0.15) is 6.54 Å². The Kier molecular flexibility index (Phi) is 8.95. The number of hydrazone groups is 1. The molecule has 1 aromatic carbocycles. The molecule has 2 aliphatic heterocycles. The van der Waals surface area contributed by atoms with E-state index in [1.54, 1.807) is 35.5 Å². The molecule has 9 nitrogen and oxygen atoms in total. The molecule has 0 N–H and O–H groups in total. The fourth-order valence-corrected chi connectivity index (χ4v) is 5.21. The Balaban J connectivity index is 1.55. The van der Waals surface area contributed by atoms with Gasteiger partial charge in [-0.25, -0.2) is 5.01 Å². The van der Waals surface area contributed by atoms with Crippen molar-refractivity contribution >= 4 is 28.9 Å². The van der Waals surface area contributed by atoms with Crippen molar-refractivity contribution in [2.45, 2.75) is 25.8 Å². The van der Waals surface area contributed by atoms with Crippen molar-refractivity contribution in [1.82, 2.24) is 14.8 Å². The molecule has 0 bridgehead atoms. The van der Waals surface area contributed by atoms with E-state index in [2.05, 4.69) is 4.90 Å². The fraction of sp³-hybridized carbons (Fsp3) is 0.500. The molecule has 2 aromatic rings. The average Bonchev–Trinajstić information content (AvgIpc) is 3.61. The van der Waals surface area contributed by atoms with E-state index in [-0.39, 0.29) is 24.4 Å². The molecule has 2 aliphatic rings. The largest absolute Gasteiger partial charge is 0.493 e. The number of carbonyl (C=O) groups excluding carboxylic acids is 2. The first-order chi connectivity index (χ1) is 17.5. The number of ether oxygens (including phenoxy) is 3. The van der Waals surface area contributed by atoms with Crippen LogP contribution in [0.2, 0.25) is 0 Å². The minimum Gasteiger partial charge on any atom is -0.493 e. The van der Waals surface area contributed by atoms with Gasteiger partial charge in [0.05, 0.1) is 44.1 Å². The van der Waals surface area contributed by atoms with E-state index in [0.29, 0.717) is 50.6 Å². The van der Waals surface area contributed by atoms with Gasteiger partial charge in [-0.1, -0.05) is 19.1 Å². The van der Waals surface area contributed by atoms with Crippen molar-refractivity contribution in [3.05, 3.63) is 46.2 Å². The highest BCUT2D eigenvalue weighted by Gasteiger charge is 2.35.